The molecular formula is C18H21N5O2. The number of aromatic nitrogens is 4. The fraction of sp³-hybridized carbons (Fsp3) is 0.333. The summed E-state index contributed by atoms with van der Waals surface area (Å²) in [7, 11) is 0. The average Bonchev–Trinajstić information content (AvgIpc) is 3.24. The van der Waals surface area contributed by atoms with Crippen molar-refractivity contribution in [2.75, 3.05) is 5.32 Å². The summed E-state index contributed by atoms with van der Waals surface area (Å²) < 4.78 is 5.37. The number of H-pyrrole nitrogens is 1. The van der Waals surface area contributed by atoms with Gasteiger partial charge in [-0.3, -0.25) is 9.89 Å². The highest BCUT2D eigenvalue weighted by molar-refractivity contribution is 6.03. The minimum atomic E-state index is -0.213. The van der Waals surface area contributed by atoms with Crippen LogP contribution >= 0.6 is 0 Å². The van der Waals surface area contributed by atoms with E-state index in [1.54, 1.807) is 31.2 Å². The van der Waals surface area contributed by atoms with Crippen LogP contribution in [0.2, 0.25) is 0 Å². The van der Waals surface area contributed by atoms with E-state index in [9.17, 15) is 4.79 Å². The van der Waals surface area contributed by atoms with Gasteiger partial charge in [-0.25, -0.2) is 0 Å². The molecule has 3 rings (SSSR count). The number of nitrogens with zero attached hydrogens (tertiary/aromatic N) is 3. The van der Waals surface area contributed by atoms with Crippen molar-refractivity contribution in [1.29, 1.82) is 0 Å². The zero-order valence-corrected chi connectivity index (χ0v) is 14.5. The Kier molecular flexibility index (Phi) is 4.92. The first-order valence-electron chi connectivity index (χ1n) is 8.34. The summed E-state index contributed by atoms with van der Waals surface area (Å²) in [5.41, 5.74) is 2.33. The highest BCUT2D eigenvalue weighted by Gasteiger charge is 2.13. The number of nitrogens with one attached hydrogen (secondary N) is 2. The summed E-state index contributed by atoms with van der Waals surface area (Å²) in [5, 5.41) is 17.7. The average molecular weight is 339 g/mol. The number of carbonyl (C=O) groups excluding carboxylic acids is 1. The van der Waals surface area contributed by atoms with Crippen LogP contribution in [0, 0.1) is 6.92 Å². The number of carbonyl (C=O) groups is 1. The molecule has 0 aliphatic rings. The number of aryl methyl sites for hydroxylation is 1. The van der Waals surface area contributed by atoms with Crippen molar-refractivity contribution in [3.63, 3.8) is 0 Å². The summed E-state index contributed by atoms with van der Waals surface area (Å²) in [6.45, 7) is 6.02. The third-order valence-electron chi connectivity index (χ3n) is 4.01. The van der Waals surface area contributed by atoms with Crippen LogP contribution in [0.15, 0.2) is 34.7 Å². The van der Waals surface area contributed by atoms with Gasteiger partial charge < -0.3 is 9.73 Å². The molecule has 1 atom stereocenters. The summed E-state index contributed by atoms with van der Waals surface area (Å²) in [6.07, 6.45) is 2.18. The van der Waals surface area contributed by atoms with Crippen LogP contribution in [0.25, 0.3) is 11.5 Å². The van der Waals surface area contributed by atoms with Gasteiger partial charge in [0.05, 0.1) is 0 Å². The predicted molar refractivity (Wildman–Crippen MR) is 94.3 cm³/mol. The lowest BCUT2D eigenvalue weighted by Gasteiger charge is -2.05. The molecule has 1 aromatic carbocycles. The summed E-state index contributed by atoms with van der Waals surface area (Å²) >= 11 is 0. The maximum Gasteiger partial charge on any atom is 0.256 e. The number of hydrogen-bond donors (Lipinski definition) is 2. The van der Waals surface area contributed by atoms with E-state index in [1.807, 2.05) is 6.07 Å². The Morgan fingerprint density at radius 1 is 1.28 bits per heavy atom. The van der Waals surface area contributed by atoms with Gasteiger partial charge in [0.25, 0.3) is 5.91 Å². The first kappa shape index (κ1) is 16.9. The Morgan fingerprint density at radius 2 is 2.04 bits per heavy atom. The van der Waals surface area contributed by atoms with Crippen LogP contribution in [0.3, 0.4) is 0 Å². The molecule has 0 saturated heterocycles. The molecule has 3 aromatic rings. The first-order chi connectivity index (χ1) is 12.1. The van der Waals surface area contributed by atoms with E-state index in [0.29, 0.717) is 29.1 Å². The maximum absolute atomic E-state index is 12.4. The van der Waals surface area contributed by atoms with E-state index in [4.69, 9.17) is 4.42 Å². The molecule has 2 heterocycles. The molecule has 130 valence electrons. The molecular weight excluding hydrogens is 318 g/mol. The van der Waals surface area contributed by atoms with E-state index in [1.165, 1.54) is 0 Å². The fourth-order valence-corrected chi connectivity index (χ4v) is 2.61. The lowest BCUT2D eigenvalue weighted by molar-refractivity contribution is 0.102. The third-order valence-corrected chi connectivity index (χ3v) is 4.01. The van der Waals surface area contributed by atoms with Gasteiger partial charge in [0.15, 0.2) is 5.82 Å². The second-order valence-electron chi connectivity index (χ2n) is 6.06. The zero-order chi connectivity index (χ0) is 17.8. The Hall–Kier alpha value is -2.96. The number of amides is 1. The molecule has 7 nitrogen and oxygen atoms in total. The van der Waals surface area contributed by atoms with Crippen molar-refractivity contribution in [3.8, 4) is 11.5 Å². The molecule has 0 radical (unpaired) electrons. The minimum Gasteiger partial charge on any atom is -0.421 e. The van der Waals surface area contributed by atoms with Crippen molar-refractivity contribution < 1.29 is 9.21 Å². The van der Waals surface area contributed by atoms with Crippen LogP contribution in [0.1, 0.15) is 54.5 Å². The highest BCUT2D eigenvalue weighted by Crippen LogP contribution is 2.21. The van der Waals surface area contributed by atoms with E-state index < -0.39 is 0 Å². The highest BCUT2D eigenvalue weighted by atomic mass is 16.4. The topological polar surface area (TPSA) is 96.7 Å². The second-order valence-corrected chi connectivity index (χ2v) is 6.06. The number of hydrogen-bond acceptors (Lipinski definition) is 5. The van der Waals surface area contributed by atoms with E-state index in [2.05, 4.69) is 39.6 Å². The largest absolute Gasteiger partial charge is 0.421 e. The van der Waals surface area contributed by atoms with Crippen molar-refractivity contribution in [3.05, 3.63) is 47.5 Å². The van der Waals surface area contributed by atoms with Gasteiger partial charge >= 0.3 is 0 Å². The lowest BCUT2D eigenvalue weighted by Crippen LogP contribution is -2.12. The fourth-order valence-electron chi connectivity index (χ4n) is 2.61. The van der Waals surface area contributed by atoms with E-state index in [-0.39, 0.29) is 5.91 Å². The van der Waals surface area contributed by atoms with Crippen molar-refractivity contribution in [1.82, 2.24) is 20.4 Å². The normalized spacial score (nSPS) is 12.1. The SMILES string of the molecule is CCC[C@@H](C)c1cc(NC(=O)c2ccc(-c3nnc(C)o3)cc2)n[nH]1. The quantitative estimate of drug-likeness (QED) is 0.709. The Labute approximate surface area is 145 Å². The van der Waals surface area contributed by atoms with Gasteiger partial charge in [-0.15, -0.1) is 10.2 Å². The predicted octanol–water partition coefficient (Wildman–Crippen LogP) is 3.92. The minimum absolute atomic E-state index is 0.213. The molecule has 2 aromatic heterocycles. The van der Waals surface area contributed by atoms with E-state index >= 15 is 0 Å². The molecule has 25 heavy (non-hydrogen) atoms. The van der Waals surface area contributed by atoms with Crippen LogP contribution in [-0.4, -0.2) is 26.3 Å². The molecule has 0 unspecified atom stereocenters. The molecule has 0 aliphatic heterocycles. The molecule has 0 saturated carbocycles. The van der Waals surface area contributed by atoms with Crippen molar-refractivity contribution >= 4 is 11.7 Å². The van der Waals surface area contributed by atoms with Crippen LogP contribution in [0.4, 0.5) is 5.82 Å². The Morgan fingerprint density at radius 3 is 2.68 bits per heavy atom. The monoisotopic (exact) mass is 339 g/mol. The molecule has 0 spiro atoms. The molecule has 2 N–H and O–H groups in total. The smallest absolute Gasteiger partial charge is 0.256 e. The number of aromatic amines is 1. The van der Waals surface area contributed by atoms with Gasteiger partial charge in [0.1, 0.15) is 0 Å². The number of benzene rings is 1. The van der Waals surface area contributed by atoms with Crippen LogP contribution in [0.5, 0.6) is 0 Å². The lowest BCUT2D eigenvalue weighted by atomic mass is 10.0. The molecule has 0 aliphatic carbocycles. The summed E-state index contributed by atoms with van der Waals surface area (Å²) in [4.78, 5) is 12.4. The zero-order valence-electron chi connectivity index (χ0n) is 14.5. The Balaban J connectivity index is 1.67. The van der Waals surface area contributed by atoms with Gasteiger partial charge in [0.2, 0.25) is 11.8 Å². The van der Waals surface area contributed by atoms with Gasteiger partial charge in [-0.1, -0.05) is 20.3 Å². The van der Waals surface area contributed by atoms with E-state index in [0.717, 1.165) is 24.1 Å². The molecule has 1 amide bonds. The summed E-state index contributed by atoms with van der Waals surface area (Å²) in [5.74, 6) is 1.64. The maximum atomic E-state index is 12.4. The molecule has 0 fully saturated rings. The number of anilines is 1. The first-order valence-corrected chi connectivity index (χ1v) is 8.34. The molecule has 7 heteroatoms. The Bertz CT molecular complexity index is 850. The standard InChI is InChI=1S/C18H21N5O2/c1-4-5-11(2)15-10-16(22-21-15)19-17(24)13-6-8-14(9-7-13)18-23-20-12(3)25-18/h6-11H,4-5H2,1-3H3,(H2,19,21,22,24)/t11-/m1/s1. The summed E-state index contributed by atoms with van der Waals surface area (Å²) in [6, 6.07) is 8.88. The number of rotatable bonds is 6. The van der Waals surface area contributed by atoms with Crippen LogP contribution < -0.4 is 5.32 Å². The molecule has 0 bridgehead atoms. The second kappa shape index (κ2) is 7.29. The third kappa shape index (κ3) is 3.93. The van der Waals surface area contributed by atoms with Crippen LogP contribution in [-0.2, 0) is 0 Å². The van der Waals surface area contributed by atoms with Gasteiger partial charge in [0, 0.05) is 29.8 Å². The van der Waals surface area contributed by atoms with Gasteiger partial charge in [-0.05, 0) is 36.6 Å². The van der Waals surface area contributed by atoms with Crippen molar-refractivity contribution in [2.45, 2.75) is 39.5 Å². The van der Waals surface area contributed by atoms with Crippen molar-refractivity contribution in [2.24, 2.45) is 0 Å². The van der Waals surface area contributed by atoms with Gasteiger partial charge in [-0.2, -0.15) is 5.10 Å².